The van der Waals surface area contributed by atoms with Gasteiger partial charge in [0, 0.05) is 42.7 Å². The van der Waals surface area contributed by atoms with Crippen molar-refractivity contribution in [3.8, 4) is 0 Å². The number of nitrogens with one attached hydrogen (secondary N) is 1. The molecule has 24 heavy (non-hydrogen) atoms. The smallest absolute Gasteiger partial charge is 0.237 e. The van der Waals surface area contributed by atoms with Gasteiger partial charge < -0.3 is 9.88 Å². The minimum atomic E-state index is -0.104. The average molecular weight is 344 g/mol. The van der Waals surface area contributed by atoms with E-state index in [0.717, 1.165) is 31.6 Å². The molecule has 128 valence electrons. The number of aromatic nitrogens is 2. The van der Waals surface area contributed by atoms with Crippen LogP contribution in [0.3, 0.4) is 0 Å². The fourth-order valence-electron chi connectivity index (χ4n) is 3.43. The molecule has 5 nitrogen and oxygen atoms in total. The zero-order chi connectivity index (χ0) is 16.5. The van der Waals surface area contributed by atoms with Crippen LogP contribution in [-0.2, 0) is 24.2 Å². The van der Waals surface area contributed by atoms with E-state index in [-0.39, 0.29) is 11.9 Å². The van der Waals surface area contributed by atoms with E-state index in [4.69, 9.17) is 0 Å². The lowest BCUT2D eigenvalue weighted by Crippen LogP contribution is -2.47. The molecule has 3 heterocycles. The zero-order valence-corrected chi connectivity index (χ0v) is 14.9. The molecule has 6 heteroatoms. The minimum absolute atomic E-state index is 0.104. The summed E-state index contributed by atoms with van der Waals surface area (Å²) in [6.07, 6.45) is 6.48. The molecular weight excluding hydrogens is 320 g/mol. The molecule has 4 rings (SSSR count). The molecule has 2 aromatic rings. The van der Waals surface area contributed by atoms with Gasteiger partial charge in [-0.05, 0) is 37.6 Å². The van der Waals surface area contributed by atoms with Gasteiger partial charge in [-0.15, -0.1) is 11.3 Å². The topological polar surface area (TPSA) is 50.2 Å². The lowest BCUT2D eigenvalue weighted by molar-refractivity contribution is -0.126. The van der Waals surface area contributed by atoms with Gasteiger partial charge in [0.2, 0.25) is 5.91 Å². The van der Waals surface area contributed by atoms with Gasteiger partial charge in [-0.1, -0.05) is 6.07 Å². The van der Waals surface area contributed by atoms with Crippen molar-refractivity contribution in [1.29, 1.82) is 0 Å². The largest absolute Gasteiger partial charge is 0.354 e. The van der Waals surface area contributed by atoms with Gasteiger partial charge in [0.15, 0.2) is 0 Å². The third-order valence-corrected chi connectivity index (χ3v) is 6.03. The summed E-state index contributed by atoms with van der Waals surface area (Å²) < 4.78 is 2.36. The Morgan fingerprint density at radius 1 is 1.50 bits per heavy atom. The van der Waals surface area contributed by atoms with Crippen LogP contribution in [-0.4, -0.2) is 39.5 Å². The SMILES string of the molecule is C[C@@H](C(=O)NCCc1cccs1)N1CCc2c(ncn2C2CC2)C1. The molecular formula is C18H24N4OS. The lowest BCUT2D eigenvalue weighted by atomic mass is 10.1. The Labute approximate surface area is 146 Å². The highest BCUT2D eigenvalue weighted by Crippen LogP contribution is 2.37. The first-order valence-corrected chi connectivity index (χ1v) is 9.69. The van der Waals surface area contributed by atoms with E-state index in [1.54, 1.807) is 11.3 Å². The predicted octanol–water partition coefficient (Wildman–Crippen LogP) is 2.39. The summed E-state index contributed by atoms with van der Waals surface area (Å²) in [5, 5.41) is 5.15. The first-order chi connectivity index (χ1) is 11.7. The van der Waals surface area contributed by atoms with E-state index in [9.17, 15) is 4.79 Å². The van der Waals surface area contributed by atoms with E-state index in [2.05, 4.69) is 37.3 Å². The third-order valence-electron chi connectivity index (χ3n) is 5.09. The highest BCUT2D eigenvalue weighted by atomic mass is 32.1. The summed E-state index contributed by atoms with van der Waals surface area (Å²) in [4.78, 5) is 20.6. The lowest BCUT2D eigenvalue weighted by Gasteiger charge is -2.31. The number of thiophene rings is 1. The van der Waals surface area contributed by atoms with Crippen molar-refractivity contribution >= 4 is 17.2 Å². The van der Waals surface area contributed by atoms with E-state index in [1.807, 2.05) is 13.3 Å². The fraction of sp³-hybridized carbons (Fsp3) is 0.556. The van der Waals surface area contributed by atoms with Crippen molar-refractivity contribution in [3.05, 3.63) is 40.1 Å². The van der Waals surface area contributed by atoms with Gasteiger partial charge in [0.05, 0.1) is 18.1 Å². The molecule has 1 atom stereocenters. The second kappa shape index (κ2) is 6.69. The molecule has 0 aromatic carbocycles. The zero-order valence-electron chi connectivity index (χ0n) is 14.1. The molecule has 2 aromatic heterocycles. The molecule has 1 saturated carbocycles. The maximum absolute atomic E-state index is 12.4. The molecule has 1 aliphatic heterocycles. The monoisotopic (exact) mass is 344 g/mol. The number of carbonyl (C=O) groups is 1. The van der Waals surface area contributed by atoms with Crippen LogP contribution < -0.4 is 5.32 Å². The van der Waals surface area contributed by atoms with Crippen molar-refractivity contribution in [3.63, 3.8) is 0 Å². The van der Waals surface area contributed by atoms with Crippen molar-refractivity contribution in [1.82, 2.24) is 19.8 Å². The van der Waals surface area contributed by atoms with E-state index < -0.39 is 0 Å². The normalized spacial score (nSPS) is 19.0. The van der Waals surface area contributed by atoms with Gasteiger partial charge in [-0.3, -0.25) is 9.69 Å². The van der Waals surface area contributed by atoms with Gasteiger partial charge in [-0.2, -0.15) is 0 Å². The highest BCUT2D eigenvalue weighted by molar-refractivity contribution is 7.09. The summed E-state index contributed by atoms with van der Waals surface area (Å²) in [7, 11) is 0. The van der Waals surface area contributed by atoms with Gasteiger partial charge in [0.1, 0.15) is 0 Å². The Morgan fingerprint density at radius 2 is 2.38 bits per heavy atom. The number of amides is 1. The molecule has 1 aliphatic carbocycles. The molecule has 0 spiro atoms. The summed E-state index contributed by atoms with van der Waals surface area (Å²) in [5.74, 6) is 0.122. The van der Waals surface area contributed by atoms with Crippen LogP contribution in [0.25, 0.3) is 0 Å². The fourth-order valence-corrected chi connectivity index (χ4v) is 4.14. The minimum Gasteiger partial charge on any atom is -0.354 e. The second-order valence-electron chi connectivity index (χ2n) is 6.79. The Morgan fingerprint density at radius 3 is 3.12 bits per heavy atom. The molecule has 1 fully saturated rings. The van der Waals surface area contributed by atoms with Crippen molar-refractivity contribution < 1.29 is 4.79 Å². The van der Waals surface area contributed by atoms with Gasteiger partial charge in [0.25, 0.3) is 0 Å². The van der Waals surface area contributed by atoms with Crippen molar-refractivity contribution in [2.75, 3.05) is 13.1 Å². The van der Waals surface area contributed by atoms with E-state index in [0.29, 0.717) is 12.6 Å². The maximum atomic E-state index is 12.4. The van der Waals surface area contributed by atoms with Crippen LogP contribution in [0.5, 0.6) is 0 Å². The summed E-state index contributed by atoms with van der Waals surface area (Å²) in [6, 6.07) is 4.75. The van der Waals surface area contributed by atoms with Crippen LogP contribution in [0.2, 0.25) is 0 Å². The molecule has 2 aliphatic rings. The molecule has 0 radical (unpaired) electrons. The second-order valence-corrected chi connectivity index (χ2v) is 7.83. The van der Waals surface area contributed by atoms with Crippen LogP contribution in [0.1, 0.15) is 42.1 Å². The molecule has 0 unspecified atom stereocenters. The van der Waals surface area contributed by atoms with Crippen LogP contribution in [0, 0.1) is 0 Å². The average Bonchev–Trinajstić information content (AvgIpc) is 3.14. The maximum Gasteiger partial charge on any atom is 0.237 e. The number of imidazole rings is 1. The Kier molecular flexibility index (Phi) is 4.41. The van der Waals surface area contributed by atoms with Crippen molar-refractivity contribution in [2.24, 2.45) is 0 Å². The predicted molar refractivity (Wildman–Crippen MR) is 95.1 cm³/mol. The molecule has 1 amide bonds. The third kappa shape index (κ3) is 3.26. The summed E-state index contributed by atoms with van der Waals surface area (Å²) >= 11 is 1.74. The van der Waals surface area contributed by atoms with Crippen molar-refractivity contribution in [2.45, 2.75) is 51.2 Å². The quantitative estimate of drug-likeness (QED) is 0.875. The summed E-state index contributed by atoms with van der Waals surface area (Å²) in [6.45, 7) is 4.43. The van der Waals surface area contributed by atoms with E-state index >= 15 is 0 Å². The Hall–Kier alpha value is -1.66. The number of carbonyl (C=O) groups excluding carboxylic acids is 1. The number of rotatable bonds is 6. The first kappa shape index (κ1) is 15.8. The first-order valence-electron chi connectivity index (χ1n) is 8.81. The van der Waals surface area contributed by atoms with Crippen LogP contribution in [0.15, 0.2) is 23.8 Å². The number of hydrogen-bond acceptors (Lipinski definition) is 4. The number of hydrogen-bond donors (Lipinski definition) is 1. The summed E-state index contributed by atoms with van der Waals surface area (Å²) in [5.41, 5.74) is 2.55. The molecule has 1 N–H and O–H groups in total. The molecule has 0 saturated heterocycles. The van der Waals surface area contributed by atoms with Gasteiger partial charge >= 0.3 is 0 Å². The van der Waals surface area contributed by atoms with Gasteiger partial charge in [-0.25, -0.2) is 4.98 Å². The van der Waals surface area contributed by atoms with Crippen LogP contribution >= 0.6 is 11.3 Å². The standard InChI is InChI=1S/C18H24N4OS/c1-13(18(23)19-8-6-15-3-2-10-24-15)21-9-7-17-16(11-21)20-12-22(17)14-4-5-14/h2-3,10,12-14H,4-9,11H2,1H3,(H,19,23)/t13-/m0/s1. The number of fused-ring (bicyclic) bond motifs is 1. The Bertz CT molecular complexity index is 705. The highest BCUT2D eigenvalue weighted by Gasteiger charge is 2.31. The number of nitrogens with zero attached hydrogens (tertiary/aromatic N) is 3. The molecule has 0 bridgehead atoms. The van der Waals surface area contributed by atoms with E-state index in [1.165, 1.54) is 23.4 Å². The van der Waals surface area contributed by atoms with Crippen LogP contribution in [0.4, 0.5) is 0 Å². The Balaban J connectivity index is 1.31.